The van der Waals surface area contributed by atoms with E-state index in [4.69, 9.17) is 0 Å². The van der Waals surface area contributed by atoms with Crippen LogP contribution in [0.2, 0.25) is 0 Å². The van der Waals surface area contributed by atoms with Gasteiger partial charge in [-0.05, 0) is 37.1 Å². The van der Waals surface area contributed by atoms with Crippen LogP contribution in [0, 0.1) is 0 Å². The molecule has 1 heterocycles. The number of hydrogen-bond acceptors (Lipinski definition) is 5. The molecule has 0 bridgehead atoms. The maximum absolute atomic E-state index is 12.7. The van der Waals surface area contributed by atoms with E-state index < -0.39 is 10.0 Å². The van der Waals surface area contributed by atoms with Crippen molar-refractivity contribution in [1.82, 2.24) is 9.88 Å². The summed E-state index contributed by atoms with van der Waals surface area (Å²) in [4.78, 5) is 18.2. The SMILES string of the molecule is CC(C)N(C)C(=O)Cc1csc(NS(=O)(=O)c2ccc(-c3ccccc3)cc2)n1. The summed E-state index contributed by atoms with van der Waals surface area (Å²) in [5.41, 5.74) is 2.50. The average molecular weight is 430 g/mol. The summed E-state index contributed by atoms with van der Waals surface area (Å²) in [7, 11) is -2.02. The number of benzene rings is 2. The highest BCUT2D eigenvalue weighted by atomic mass is 32.2. The first-order valence-electron chi connectivity index (χ1n) is 9.14. The molecule has 3 aromatic rings. The molecule has 1 amide bonds. The van der Waals surface area contributed by atoms with Crippen molar-refractivity contribution >= 4 is 32.4 Å². The van der Waals surface area contributed by atoms with Gasteiger partial charge in [-0.25, -0.2) is 13.4 Å². The van der Waals surface area contributed by atoms with E-state index in [2.05, 4.69) is 9.71 Å². The van der Waals surface area contributed by atoms with Crippen molar-refractivity contribution in [2.45, 2.75) is 31.2 Å². The second-order valence-corrected chi connectivity index (χ2v) is 9.46. The number of anilines is 1. The van der Waals surface area contributed by atoms with Gasteiger partial charge in [-0.3, -0.25) is 9.52 Å². The van der Waals surface area contributed by atoms with Gasteiger partial charge in [0, 0.05) is 18.5 Å². The van der Waals surface area contributed by atoms with Gasteiger partial charge in [-0.15, -0.1) is 11.3 Å². The Hall–Kier alpha value is -2.71. The number of carbonyl (C=O) groups is 1. The Morgan fingerprint density at radius 3 is 2.31 bits per heavy atom. The summed E-state index contributed by atoms with van der Waals surface area (Å²) >= 11 is 1.16. The highest BCUT2D eigenvalue weighted by Crippen LogP contribution is 2.24. The molecule has 8 heteroatoms. The fraction of sp³-hybridized carbons (Fsp3) is 0.238. The minimum atomic E-state index is -3.75. The number of amides is 1. The largest absolute Gasteiger partial charge is 0.343 e. The van der Waals surface area contributed by atoms with Crippen LogP contribution >= 0.6 is 11.3 Å². The quantitative estimate of drug-likeness (QED) is 0.615. The van der Waals surface area contributed by atoms with Gasteiger partial charge in [0.25, 0.3) is 10.0 Å². The first-order valence-corrected chi connectivity index (χ1v) is 11.5. The van der Waals surface area contributed by atoms with Crippen LogP contribution in [0.3, 0.4) is 0 Å². The van der Waals surface area contributed by atoms with Crippen molar-refractivity contribution < 1.29 is 13.2 Å². The van der Waals surface area contributed by atoms with Gasteiger partial charge < -0.3 is 4.90 Å². The number of aromatic nitrogens is 1. The lowest BCUT2D eigenvalue weighted by Gasteiger charge is -2.20. The molecule has 152 valence electrons. The molecule has 0 unspecified atom stereocenters. The fourth-order valence-electron chi connectivity index (χ4n) is 2.63. The highest BCUT2D eigenvalue weighted by Gasteiger charge is 2.18. The number of nitrogens with zero attached hydrogens (tertiary/aromatic N) is 2. The molecule has 0 radical (unpaired) electrons. The number of sulfonamides is 1. The van der Waals surface area contributed by atoms with Crippen LogP contribution in [-0.4, -0.2) is 37.3 Å². The van der Waals surface area contributed by atoms with Crippen LogP contribution in [-0.2, 0) is 21.2 Å². The van der Waals surface area contributed by atoms with E-state index >= 15 is 0 Å². The Kier molecular flexibility index (Phi) is 6.34. The van der Waals surface area contributed by atoms with E-state index in [9.17, 15) is 13.2 Å². The van der Waals surface area contributed by atoms with Gasteiger partial charge in [0.2, 0.25) is 5.91 Å². The van der Waals surface area contributed by atoms with Gasteiger partial charge in [0.1, 0.15) is 0 Å². The predicted molar refractivity (Wildman–Crippen MR) is 116 cm³/mol. The molecule has 0 atom stereocenters. The van der Waals surface area contributed by atoms with Crippen molar-refractivity contribution in [2.75, 3.05) is 11.8 Å². The molecule has 1 N–H and O–H groups in total. The van der Waals surface area contributed by atoms with Crippen molar-refractivity contribution in [3.05, 3.63) is 65.7 Å². The van der Waals surface area contributed by atoms with Crippen LogP contribution < -0.4 is 4.72 Å². The molecule has 2 aromatic carbocycles. The molecule has 29 heavy (non-hydrogen) atoms. The zero-order valence-corrected chi connectivity index (χ0v) is 18.1. The standard InChI is InChI=1S/C21H23N3O3S2/c1-15(2)24(3)20(25)13-18-14-28-21(22-18)23-29(26,27)19-11-9-17(10-12-19)16-7-5-4-6-8-16/h4-12,14-15H,13H2,1-3H3,(H,22,23). The van der Waals surface area contributed by atoms with E-state index in [1.54, 1.807) is 41.6 Å². The first kappa shape index (κ1) is 21.0. The Morgan fingerprint density at radius 2 is 1.69 bits per heavy atom. The zero-order valence-electron chi connectivity index (χ0n) is 16.5. The zero-order chi connectivity index (χ0) is 21.0. The number of likely N-dealkylation sites (N-methyl/N-ethyl adjacent to an activating group) is 1. The maximum atomic E-state index is 12.7. The summed E-state index contributed by atoms with van der Waals surface area (Å²) < 4.78 is 27.8. The number of carbonyl (C=O) groups excluding carboxylic acids is 1. The molecule has 0 aliphatic heterocycles. The maximum Gasteiger partial charge on any atom is 0.263 e. The first-order chi connectivity index (χ1) is 13.8. The third kappa shape index (κ3) is 5.21. The number of rotatable bonds is 7. The van der Waals surface area contributed by atoms with E-state index in [1.807, 2.05) is 44.2 Å². The molecule has 0 aliphatic carbocycles. The molecule has 1 aromatic heterocycles. The molecular weight excluding hydrogens is 406 g/mol. The number of nitrogens with one attached hydrogen (secondary N) is 1. The van der Waals surface area contributed by atoms with Gasteiger partial charge in [-0.2, -0.15) is 0 Å². The molecule has 0 saturated heterocycles. The average Bonchev–Trinajstić information content (AvgIpc) is 3.14. The lowest BCUT2D eigenvalue weighted by molar-refractivity contribution is -0.130. The second kappa shape index (κ2) is 8.75. The second-order valence-electron chi connectivity index (χ2n) is 6.92. The Balaban J connectivity index is 1.70. The minimum absolute atomic E-state index is 0.0591. The van der Waals surface area contributed by atoms with Crippen LogP contribution in [0.15, 0.2) is 64.9 Å². The van der Waals surface area contributed by atoms with Gasteiger partial charge in [0.05, 0.1) is 17.0 Å². The molecular formula is C21H23N3O3S2. The Bertz CT molecular complexity index is 1080. The van der Waals surface area contributed by atoms with Crippen molar-refractivity contribution in [2.24, 2.45) is 0 Å². The Labute approximate surface area is 175 Å². The van der Waals surface area contributed by atoms with Crippen LogP contribution in [0.25, 0.3) is 11.1 Å². The van der Waals surface area contributed by atoms with Gasteiger partial charge in [-0.1, -0.05) is 42.5 Å². The van der Waals surface area contributed by atoms with Crippen molar-refractivity contribution in [1.29, 1.82) is 0 Å². The molecule has 0 saturated carbocycles. The molecule has 3 rings (SSSR count). The van der Waals surface area contributed by atoms with Crippen molar-refractivity contribution in [3.63, 3.8) is 0 Å². The van der Waals surface area contributed by atoms with E-state index in [0.29, 0.717) is 5.69 Å². The van der Waals surface area contributed by atoms with E-state index in [-0.39, 0.29) is 28.4 Å². The lowest BCUT2D eigenvalue weighted by atomic mass is 10.1. The smallest absolute Gasteiger partial charge is 0.263 e. The summed E-state index contributed by atoms with van der Waals surface area (Å²) in [6.07, 6.45) is 0.138. The van der Waals surface area contributed by atoms with E-state index in [1.165, 1.54) is 0 Å². The van der Waals surface area contributed by atoms with Crippen LogP contribution in [0.1, 0.15) is 19.5 Å². The van der Waals surface area contributed by atoms with Crippen LogP contribution in [0.5, 0.6) is 0 Å². The molecule has 6 nitrogen and oxygen atoms in total. The summed E-state index contributed by atoms with van der Waals surface area (Å²) in [5, 5.41) is 1.94. The van der Waals surface area contributed by atoms with Crippen LogP contribution in [0.4, 0.5) is 5.13 Å². The number of hydrogen-bond donors (Lipinski definition) is 1. The lowest BCUT2D eigenvalue weighted by Crippen LogP contribution is -2.34. The van der Waals surface area contributed by atoms with Gasteiger partial charge in [0.15, 0.2) is 5.13 Å². The third-order valence-electron chi connectivity index (χ3n) is 4.55. The van der Waals surface area contributed by atoms with Crippen molar-refractivity contribution in [3.8, 4) is 11.1 Å². The highest BCUT2D eigenvalue weighted by molar-refractivity contribution is 7.93. The molecule has 0 fully saturated rings. The van der Waals surface area contributed by atoms with E-state index in [0.717, 1.165) is 22.5 Å². The topological polar surface area (TPSA) is 79.4 Å². The predicted octanol–water partition coefficient (Wildman–Crippen LogP) is 4.02. The Morgan fingerprint density at radius 1 is 1.07 bits per heavy atom. The fourth-order valence-corrected chi connectivity index (χ4v) is 4.60. The summed E-state index contributed by atoms with van der Waals surface area (Å²) in [6.45, 7) is 3.86. The third-order valence-corrected chi connectivity index (χ3v) is 6.84. The summed E-state index contributed by atoms with van der Waals surface area (Å²) in [6, 6.07) is 16.5. The normalized spacial score (nSPS) is 11.4. The monoisotopic (exact) mass is 429 g/mol. The molecule has 0 spiro atoms. The number of thiazole rings is 1. The van der Waals surface area contributed by atoms with Gasteiger partial charge >= 0.3 is 0 Å². The summed E-state index contributed by atoms with van der Waals surface area (Å²) in [5.74, 6) is -0.0591. The molecule has 0 aliphatic rings. The minimum Gasteiger partial charge on any atom is -0.343 e.